The maximum Gasteiger partial charge on any atom is 0.586 e. The summed E-state index contributed by atoms with van der Waals surface area (Å²) in [5, 5.41) is 17.9. The molecule has 0 fully saturated rings. The van der Waals surface area contributed by atoms with Crippen molar-refractivity contribution in [3.63, 3.8) is 0 Å². The molecule has 1 aromatic carbocycles. The van der Waals surface area contributed by atoms with E-state index in [9.17, 15) is 23.5 Å². The van der Waals surface area contributed by atoms with Crippen LogP contribution in [0.1, 0.15) is 34.0 Å². The van der Waals surface area contributed by atoms with Crippen LogP contribution >= 0.6 is 0 Å². The zero-order chi connectivity index (χ0) is 17.1. The van der Waals surface area contributed by atoms with Gasteiger partial charge in [-0.15, -0.1) is 8.78 Å². The molecular weight excluding hydrogens is 328 g/mol. The van der Waals surface area contributed by atoms with Crippen LogP contribution < -0.4 is 14.8 Å². The van der Waals surface area contributed by atoms with Crippen molar-refractivity contribution in [3.05, 3.63) is 35.0 Å². The van der Waals surface area contributed by atoms with Crippen LogP contribution in [0.3, 0.4) is 0 Å². The molecule has 8 nitrogen and oxygen atoms in total. The third-order valence-corrected chi connectivity index (χ3v) is 3.84. The number of ether oxygens (including phenoxy) is 2. The average Bonchev–Trinajstić information content (AvgIpc) is 3.04. The van der Waals surface area contributed by atoms with Crippen LogP contribution in [0.5, 0.6) is 11.5 Å². The molecule has 1 amide bonds. The highest BCUT2D eigenvalue weighted by atomic mass is 19.3. The first-order valence-electron chi connectivity index (χ1n) is 6.85. The number of carbonyl (C=O) groups excluding carboxylic acids is 1. The number of aromatic amines is 1. The lowest BCUT2D eigenvalue weighted by Crippen LogP contribution is -2.26. The largest absolute Gasteiger partial charge is 0.586 e. The van der Waals surface area contributed by atoms with E-state index in [-0.39, 0.29) is 40.9 Å². The van der Waals surface area contributed by atoms with Crippen LogP contribution in [0, 0.1) is 0 Å². The minimum absolute atomic E-state index is 0.0527. The van der Waals surface area contributed by atoms with Gasteiger partial charge in [0.2, 0.25) is 5.91 Å². The predicted octanol–water partition coefficient (Wildman–Crippen LogP) is 1.90. The average molecular weight is 337 g/mol. The van der Waals surface area contributed by atoms with Crippen LogP contribution in [0.15, 0.2) is 18.2 Å². The normalized spacial score (nSPS) is 20.4. The van der Waals surface area contributed by atoms with E-state index in [0.717, 1.165) is 0 Å². The van der Waals surface area contributed by atoms with Crippen LogP contribution in [-0.2, 0) is 4.79 Å². The molecule has 2 aliphatic heterocycles. The lowest BCUT2D eigenvalue weighted by Gasteiger charge is -2.22. The molecule has 24 heavy (non-hydrogen) atoms. The number of nitrogens with one attached hydrogen (secondary N) is 2. The Morgan fingerprint density at radius 2 is 2.08 bits per heavy atom. The smallest absolute Gasteiger partial charge is 0.477 e. The fraction of sp³-hybridized carbons (Fsp3) is 0.214. The number of carbonyl (C=O) groups is 2. The monoisotopic (exact) mass is 337 g/mol. The number of halogens is 2. The molecule has 2 aromatic rings. The third-order valence-electron chi connectivity index (χ3n) is 3.84. The summed E-state index contributed by atoms with van der Waals surface area (Å²) in [7, 11) is 0. The molecule has 3 heterocycles. The van der Waals surface area contributed by atoms with Gasteiger partial charge in [-0.3, -0.25) is 9.89 Å². The first-order chi connectivity index (χ1) is 11.3. The lowest BCUT2D eigenvalue weighted by atomic mass is 9.85. The summed E-state index contributed by atoms with van der Waals surface area (Å²) < 4.78 is 35.0. The number of H-pyrrole nitrogens is 1. The van der Waals surface area contributed by atoms with E-state index in [1.807, 2.05) is 0 Å². The van der Waals surface area contributed by atoms with Crippen molar-refractivity contribution in [2.75, 3.05) is 5.32 Å². The van der Waals surface area contributed by atoms with Crippen LogP contribution in [0.25, 0.3) is 0 Å². The molecule has 1 unspecified atom stereocenters. The number of aromatic carboxylic acids is 1. The molecule has 0 bridgehead atoms. The van der Waals surface area contributed by atoms with Crippen molar-refractivity contribution in [1.82, 2.24) is 10.2 Å². The Labute approximate surface area is 132 Å². The van der Waals surface area contributed by atoms with Crippen LogP contribution in [0.4, 0.5) is 14.6 Å². The summed E-state index contributed by atoms with van der Waals surface area (Å²) in [6, 6.07) is 4.08. The van der Waals surface area contributed by atoms with Crippen molar-refractivity contribution in [1.29, 1.82) is 0 Å². The summed E-state index contributed by atoms with van der Waals surface area (Å²) in [4.78, 5) is 23.2. The van der Waals surface area contributed by atoms with Gasteiger partial charge in [0, 0.05) is 17.9 Å². The highest BCUT2D eigenvalue weighted by Gasteiger charge is 2.44. The molecule has 0 spiro atoms. The standard InChI is InChI=1S/C14H9F2N3O5/c15-14(16)23-7-2-1-5(3-8(7)24-14)6-4-9(20)17-12-10(6)11(13(21)22)18-19-12/h1-3,6H,4H2,(H,21,22)(H2,17,18,19,20). The molecule has 124 valence electrons. The summed E-state index contributed by atoms with van der Waals surface area (Å²) >= 11 is 0. The molecule has 0 saturated carbocycles. The molecule has 1 aromatic heterocycles. The van der Waals surface area contributed by atoms with Gasteiger partial charge in [-0.25, -0.2) is 4.79 Å². The fourth-order valence-corrected chi connectivity index (χ4v) is 2.89. The van der Waals surface area contributed by atoms with Crippen LogP contribution in [0.2, 0.25) is 0 Å². The molecular formula is C14H9F2N3O5. The third kappa shape index (κ3) is 2.14. The van der Waals surface area contributed by atoms with Gasteiger partial charge < -0.3 is 19.9 Å². The number of anilines is 1. The van der Waals surface area contributed by atoms with Crippen molar-refractivity contribution >= 4 is 17.7 Å². The Morgan fingerprint density at radius 1 is 1.33 bits per heavy atom. The Balaban J connectivity index is 1.80. The highest BCUT2D eigenvalue weighted by Crippen LogP contribution is 2.45. The number of benzene rings is 1. The number of hydrogen-bond acceptors (Lipinski definition) is 5. The second-order valence-electron chi connectivity index (χ2n) is 5.34. The number of amides is 1. The minimum atomic E-state index is -3.75. The number of hydrogen-bond donors (Lipinski definition) is 3. The van der Waals surface area contributed by atoms with E-state index in [0.29, 0.717) is 5.56 Å². The van der Waals surface area contributed by atoms with E-state index in [2.05, 4.69) is 25.0 Å². The molecule has 3 N–H and O–H groups in total. The van der Waals surface area contributed by atoms with E-state index in [1.165, 1.54) is 18.2 Å². The SMILES string of the molecule is O=C1CC(c2ccc3c(c2)OC(F)(F)O3)c2c(n[nH]c2C(=O)O)N1. The Kier molecular flexibility index (Phi) is 2.80. The van der Waals surface area contributed by atoms with Gasteiger partial charge in [0.1, 0.15) is 5.69 Å². The van der Waals surface area contributed by atoms with Crippen molar-refractivity contribution in [2.45, 2.75) is 18.6 Å². The quantitative estimate of drug-likeness (QED) is 0.771. The number of carboxylic acids is 1. The summed E-state index contributed by atoms with van der Waals surface area (Å²) in [5.74, 6) is -2.46. The minimum Gasteiger partial charge on any atom is -0.477 e. The van der Waals surface area contributed by atoms with Gasteiger partial charge in [0.15, 0.2) is 17.3 Å². The Bertz CT molecular complexity index is 879. The van der Waals surface area contributed by atoms with Gasteiger partial charge >= 0.3 is 12.3 Å². The maximum atomic E-state index is 13.1. The van der Waals surface area contributed by atoms with Crippen LogP contribution in [-0.4, -0.2) is 33.5 Å². The molecule has 1 atom stereocenters. The van der Waals surface area contributed by atoms with E-state index in [4.69, 9.17) is 0 Å². The molecule has 4 rings (SSSR count). The van der Waals surface area contributed by atoms with Gasteiger partial charge in [-0.05, 0) is 17.7 Å². The number of rotatable bonds is 2. The molecule has 0 aliphatic carbocycles. The second kappa shape index (κ2) is 4.66. The summed E-state index contributed by atoms with van der Waals surface area (Å²) in [6.45, 7) is 0. The number of aromatic nitrogens is 2. The van der Waals surface area contributed by atoms with Crippen molar-refractivity contribution in [2.24, 2.45) is 0 Å². The zero-order valence-corrected chi connectivity index (χ0v) is 11.8. The van der Waals surface area contributed by atoms with E-state index >= 15 is 0 Å². The van der Waals surface area contributed by atoms with Gasteiger partial charge in [0.25, 0.3) is 0 Å². The van der Waals surface area contributed by atoms with Gasteiger partial charge in [-0.1, -0.05) is 6.07 Å². The van der Waals surface area contributed by atoms with E-state index in [1.54, 1.807) is 0 Å². The first-order valence-corrected chi connectivity index (χ1v) is 6.85. The zero-order valence-electron chi connectivity index (χ0n) is 11.8. The fourth-order valence-electron chi connectivity index (χ4n) is 2.89. The number of carboxylic acid groups (broad SMARTS) is 1. The first kappa shape index (κ1) is 14.4. The topological polar surface area (TPSA) is 114 Å². The maximum absolute atomic E-state index is 13.1. The summed E-state index contributed by atoms with van der Waals surface area (Å²) in [6.07, 6.45) is -3.80. The number of nitrogens with zero attached hydrogens (tertiary/aromatic N) is 1. The van der Waals surface area contributed by atoms with Gasteiger partial charge in [-0.2, -0.15) is 5.10 Å². The molecule has 0 saturated heterocycles. The lowest BCUT2D eigenvalue weighted by molar-refractivity contribution is -0.286. The van der Waals surface area contributed by atoms with Crippen molar-refractivity contribution < 1.29 is 33.0 Å². The Morgan fingerprint density at radius 3 is 2.83 bits per heavy atom. The number of fused-ring (bicyclic) bond motifs is 2. The van der Waals surface area contributed by atoms with Gasteiger partial charge in [0.05, 0.1) is 0 Å². The highest BCUT2D eigenvalue weighted by molar-refractivity contribution is 5.98. The molecule has 10 heteroatoms. The summed E-state index contributed by atoms with van der Waals surface area (Å²) in [5.41, 5.74) is 0.556. The second-order valence-corrected chi connectivity index (χ2v) is 5.34. The number of alkyl halides is 2. The predicted molar refractivity (Wildman–Crippen MR) is 73.3 cm³/mol. The molecule has 0 radical (unpaired) electrons. The molecule has 2 aliphatic rings. The van der Waals surface area contributed by atoms with E-state index < -0.39 is 18.2 Å². The van der Waals surface area contributed by atoms with Crippen molar-refractivity contribution in [3.8, 4) is 11.5 Å². The Hall–Kier alpha value is -3.17.